The molecular formula is C26H15NO2. The normalized spacial score (nSPS) is 18.8. The summed E-state index contributed by atoms with van der Waals surface area (Å²) in [5.41, 5.74) is 4.78. The molecule has 1 aliphatic heterocycles. The maximum atomic E-state index is 13.6. The average Bonchev–Trinajstić information content (AvgIpc) is 3.38. The molecule has 136 valence electrons. The molecule has 0 saturated carbocycles. The Hall–Kier alpha value is -3.85. The van der Waals surface area contributed by atoms with Crippen LogP contribution in [0.3, 0.4) is 0 Å². The largest absolute Gasteiger partial charge is 0.455 e. The van der Waals surface area contributed by atoms with Gasteiger partial charge in [-0.1, -0.05) is 78.9 Å². The van der Waals surface area contributed by atoms with Crippen LogP contribution in [0.4, 0.5) is 5.69 Å². The predicted molar refractivity (Wildman–Crippen MR) is 114 cm³/mol. The molecule has 3 heteroatoms. The van der Waals surface area contributed by atoms with E-state index in [0.717, 1.165) is 55.4 Å². The van der Waals surface area contributed by atoms with E-state index in [0.29, 0.717) is 0 Å². The third kappa shape index (κ3) is 1.60. The van der Waals surface area contributed by atoms with Gasteiger partial charge in [-0.2, -0.15) is 0 Å². The molecule has 0 bridgehead atoms. The van der Waals surface area contributed by atoms with Gasteiger partial charge >= 0.3 is 0 Å². The number of para-hydroxylation sites is 1. The zero-order valence-electron chi connectivity index (χ0n) is 15.4. The Morgan fingerprint density at radius 3 is 2.41 bits per heavy atom. The first-order chi connectivity index (χ1) is 14.3. The van der Waals surface area contributed by atoms with E-state index in [9.17, 15) is 4.79 Å². The van der Waals surface area contributed by atoms with Crippen molar-refractivity contribution in [2.45, 2.75) is 5.41 Å². The summed E-state index contributed by atoms with van der Waals surface area (Å²) in [7, 11) is 0. The third-order valence-corrected chi connectivity index (χ3v) is 6.45. The Kier molecular flexibility index (Phi) is 2.58. The number of amides is 1. The number of fused-ring (bicyclic) bond motifs is 11. The second-order valence-electron chi connectivity index (χ2n) is 7.76. The summed E-state index contributed by atoms with van der Waals surface area (Å²) in [5, 5.41) is 6.32. The summed E-state index contributed by atoms with van der Waals surface area (Å²) in [6, 6.07) is 28.5. The monoisotopic (exact) mass is 373 g/mol. The second kappa shape index (κ2) is 4.95. The Labute approximate surface area is 166 Å². The molecular weight excluding hydrogens is 358 g/mol. The van der Waals surface area contributed by atoms with Crippen LogP contribution >= 0.6 is 0 Å². The minimum atomic E-state index is -0.879. The van der Waals surface area contributed by atoms with Gasteiger partial charge in [-0.05, 0) is 17.0 Å². The second-order valence-corrected chi connectivity index (χ2v) is 7.76. The number of rotatable bonds is 0. The highest BCUT2D eigenvalue weighted by Crippen LogP contribution is 2.60. The summed E-state index contributed by atoms with van der Waals surface area (Å²) >= 11 is 0. The molecule has 0 saturated heterocycles. The van der Waals surface area contributed by atoms with Crippen molar-refractivity contribution >= 4 is 33.3 Å². The van der Waals surface area contributed by atoms with E-state index in [2.05, 4.69) is 47.8 Å². The number of hydrogen-bond donors (Lipinski definition) is 1. The zero-order valence-corrected chi connectivity index (χ0v) is 15.4. The fourth-order valence-corrected chi connectivity index (χ4v) is 5.30. The average molecular weight is 373 g/mol. The Morgan fingerprint density at radius 2 is 1.48 bits per heavy atom. The van der Waals surface area contributed by atoms with Gasteiger partial charge in [0.2, 0.25) is 5.91 Å². The van der Waals surface area contributed by atoms with Gasteiger partial charge in [0.25, 0.3) is 0 Å². The molecule has 7 rings (SSSR count). The smallest absolute Gasteiger partial charge is 0.244 e. The van der Waals surface area contributed by atoms with Crippen LogP contribution in [0.1, 0.15) is 16.7 Å². The number of hydrogen-bond acceptors (Lipinski definition) is 2. The van der Waals surface area contributed by atoms with Gasteiger partial charge in [-0.3, -0.25) is 4.79 Å². The van der Waals surface area contributed by atoms with E-state index in [1.807, 2.05) is 42.5 Å². The Morgan fingerprint density at radius 1 is 0.724 bits per heavy atom. The topological polar surface area (TPSA) is 42.2 Å². The first kappa shape index (κ1) is 15.1. The SMILES string of the molecule is O=C1Nc2ccccc2C12c1ccccc1-c1oc3c(ccc4ccccc43)c12. The van der Waals surface area contributed by atoms with Crippen LogP contribution in [-0.4, -0.2) is 5.91 Å². The fraction of sp³-hybridized carbons (Fsp3) is 0.0385. The van der Waals surface area contributed by atoms with Crippen molar-refractivity contribution < 1.29 is 9.21 Å². The highest BCUT2D eigenvalue weighted by molar-refractivity contribution is 6.19. The molecule has 0 radical (unpaired) electrons. The number of benzene rings is 4. The first-order valence-electron chi connectivity index (χ1n) is 9.76. The van der Waals surface area contributed by atoms with Crippen molar-refractivity contribution in [3.8, 4) is 11.3 Å². The van der Waals surface area contributed by atoms with E-state index in [-0.39, 0.29) is 5.91 Å². The number of carbonyl (C=O) groups is 1. The van der Waals surface area contributed by atoms with Crippen LogP contribution in [-0.2, 0) is 10.2 Å². The maximum Gasteiger partial charge on any atom is 0.244 e. The van der Waals surface area contributed by atoms with Gasteiger partial charge in [0.05, 0.1) is 0 Å². The summed E-state index contributed by atoms with van der Waals surface area (Å²) in [4.78, 5) is 13.6. The summed E-state index contributed by atoms with van der Waals surface area (Å²) in [6.45, 7) is 0. The van der Waals surface area contributed by atoms with Gasteiger partial charge in [0, 0.05) is 33.2 Å². The molecule has 1 N–H and O–H groups in total. The Balaban J connectivity index is 1.72. The zero-order chi connectivity index (χ0) is 19.2. The van der Waals surface area contributed by atoms with Gasteiger partial charge in [0.1, 0.15) is 16.8 Å². The van der Waals surface area contributed by atoms with Crippen LogP contribution in [0.15, 0.2) is 89.3 Å². The molecule has 1 atom stereocenters. The molecule has 2 heterocycles. The fourth-order valence-electron chi connectivity index (χ4n) is 5.30. The van der Waals surface area contributed by atoms with Crippen LogP contribution in [0, 0.1) is 0 Å². The van der Waals surface area contributed by atoms with Crippen molar-refractivity contribution in [1.82, 2.24) is 0 Å². The van der Waals surface area contributed by atoms with Crippen molar-refractivity contribution in [2.24, 2.45) is 0 Å². The number of nitrogens with one attached hydrogen (secondary N) is 1. The van der Waals surface area contributed by atoms with E-state index in [1.165, 1.54) is 0 Å². The van der Waals surface area contributed by atoms with E-state index in [4.69, 9.17) is 4.42 Å². The Bertz CT molecular complexity index is 1510. The minimum absolute atomic E-state index is 0.0132. The van der Waals surface area contributed by atoms with Crippen LogP contribution < -0.4 is 5.32 Å². The van der Waals surface area contributed by atoms with Crippen LogP contribution in [0.25, 0.3) is 33.1 Å². The molecule has 5 aromatic rings. The molecule has 1 aliphatic carbocycles. The lowest BCUT2D eigenvalue weighted by Crippen LogP contribution is -2.34. The summed E-state index contributed by atoms with van der Waals surface area (Å²) < 4.78 is 6.52. The van der Waals surface area contributed by atoms with Crippen molar-refractivity contribution in [1.29, 1.82) is 0 Å². The standard InChI is InChI=1S/C26H15NO2/c28-25-26(20-11-5-6-12-21(20)27-25)19-10-4-3-9-17(19)24-22(26)18-14-13-15-7-1-2-8-16(15)23(18)29-24/h1-14H,(H,27,28). The summed E-state index contributed by atoms with van der Waals surface area (Å²) in [6.07, 6.45) is 0. The predicted octanol–water partition coefficient (Wildman–Crippen LogP) is 5.85. The van der Waals surface area contributed by atoms with Gasteiger partial charge in [0.15, 0.2) is 0 Å². The molecule has 1 amide bonds. The van der Waals surface area contributed by atoms with Gasteiger partial charge in [-0.15, -0.1) is 0 Å². The molecule has 0 fully saturated rings. The number of carbonyl (C=O) groups excluding carboxylic acids is 1. The van der Waals surface area contributed by atoms with Crippen LogP contribution in [0.2, 0.25) is 0 Å². The highest BCUT2D eigenvalue weighted by atomic mass is 16.3. The molecule has 1 spiro atoms. The van der Waals surface area contributed by atoms with Crippen LogP contribution in [0.5, 0.6) is 0 Å². The van der Waals surface area contributed by atoms with Gasteiger partial charge in [-0.25, -0.2) is 0 Å². The quantitative estimate of drug-likeness (QED) is 0.370. The first-order valence-corrected chi connectivity index (χ1v) is 9.76. The third-order valence-electron chi connectivity index (χ3n) is 6.45. The highest BCUT2D eigenvalue weighted by Gasteiger charge is 2.57. The molecule has 1 unspecified atom stereocenters. The molecule has 1 aromatic heterocycles. The van der Waals surface area contributed by atoms with E-state index < -0.39 is 5.41 Å². The molecule has 29 heavy (non-hydrogen) atoms. The molecule has 2 aliphatic rings. The number of anilines is 1. The van der Waals surface area contributed by atoms with Crippen molar-refractivity contribution in [2.75, 3.05) is 5.32 Å². The lowest BCUT2D eigenvalue weighted by molar-refractivity contribution is -0.118. The molecule has 3 nitrogen and oxygen atoms in total. The van der Waals surface area contributed by atoms with Crippen molar-refractivity contribution in [3.63, 3.8) is 0 Å². The summed E-state index contributed by atoms with van der Waals surface area (Å²) in [5.74, 6) is 0.791. The van der Waals surface area contributed by atoms with E-state index in [1.54, 1.807) is 0 Å². The minimum Gasteiger partial charge on any atom is -0.455 e. The maximum absolute atomic E-state index is 13.6. The molecule has 4 aromatic carbocycles. The lowest BCUT2D eigenvalue weighted by Gasteiger charge is -2.24. The van der Waals surface area contributed by atoms with Crippen molar-refractivity contribution in [3.05, 3.63) is 102 Å². The number of furan rings is 1. The van der Waals surface area contributed by atoms with E-state index >= 15 is 0 Å². The lowest BCUT2D eigenvalue weighted by atomic mass is 9.73. The van der Waals surface area contributed by atoms with Gasteiger partial charge < -0.3 is 9.73 Å².